The van der Waals surface area contributed by atoms with Gasteiger partial charge in [0.25, 0.3) is 0 Å². The van der Waals surface area contributed by atoms with Gasteiger partial charge in [0.1, 0.15) is 0 Å². The van der Waals surface area contributed by atoms with E-state index in [4.69, 9.17) is 16.7 Å². The number of thiazole rings is 1. The van der Waals surface area contributed by atoms with Crippen molar-refractivity contribution in [3.63, 3.8) is 0 Å². The minimum atomic E-state index is -0.834. The van der Waals surface area contributed by atoms with Crippen molar-refractivity contribution < 1.29 is 9.90 Å². The first-order valence-corrected chi connectivity index (χ1v) is 8.52. The Hall–Kier alpha value is -1.50. The smallest absolute Gasteiger partial charge is 0.308 e. The Morgan fingerprint density at radius 2 is 2.29 bits per heavy atom. The van der Waals surface area contributed by atoms with Crippen LogP contribution in [0.5, 0.6) is 0 Å². The van der Waals surface area contributed by atoms with E-state index in [1.165, 1.54) is 11.3 Å². The normalized spacial score (nSPS) is 11.1. The van der Waals surface area contributed by atoms with Crippen molar-refractivity contribution in [3.05, 3.63) is 40.5 Å². The van der Waals surface area contributed by atoms with E-state index >= 15 is 0 Å². The Morgan fingerprint density at radius 1 is 1.48 bits per heavy atom. The van der Waals surface area contributed by atoms with Crippen LogP contribution in [-0.4, -0.2) is 26.7 Å². The summed E-state index contributed by atoms with van der Waals surface area (Å²) in [4.78, 5) is 18.0. The summed E-state index contributed by atoms with van der Waals surface area (Å²) in [7, 11) is 0. The molecule has 4 nitrogen and oxygen atoms in total. The van der Waals surface area contributed by atoms with E-state index in [1.807, 2.05) is 41.2 Å². The van der Waals surface area contributed by atoms with E-state index in [1.54, 1.807) is 11.8 Å². The molecule has 108 valence electrons. The van der Waals surface area contributed by atoms with Crippen molar-refractivity contribution in [2.45, 2.75) is 11.3 Å². The molecule has 0 unspecified atom stereocenters. The Morgan fingerprint density at radius 3 is 2.95 bits per heavy atom. The predicted molar refractivity (Wildman–Crippen MR) is 86.6 cm³/mol. The van der Waals surface area contributed by atoms with Gasteiger partial charge in [-0.2, -0.15) is 0 Å². The fourth-order valence-electron chi connectivity index (χ4n) is 2.08. The van der Waals surface area contributed by atoms with Crippen molar-refractivity contribution in [1.29, 1.82) is 0 Å². The zero-order chi connectivity index (χ0) is 15.0. The van der Waals surface area contributed by atoms with Crippen molar-refractivity contribution in [1.82, 2.24) is 9.38 Å². The molecule has 2 aromatic heterocycles. The van der Waals surface area contributed by atoms with Gasteiger partial charge in [0.15, 0.2) is 4.96 Å². The number of carboxylic acid groups (broad SMARTS) is 1. The highest BCUT2D eigenvalue weighted by Gasteiger charge is 2.13. The maximum Gasteiger partial charge on any atom is 0.308 e. The number of aliphatic carboxylic acids is 1. The summed E-state index contributed by atoms with van der Waals surface area (Å²) in [6, 6.07) is 5.74. The molecule has 1 N–H and O–H groups in total. The monoisotopic (exact) mass is 338 g/mol. The Kier molecular flexibility index (Phi) is 3.93. The summed E-state index contributed by atoms with van der Waals surface area (Å²) in [5, 5.41) is 9.49. The molecule has 0 spiro atoms. The van der Waals surface area contributed by atoms with Crippen LogP contribution < -0.4 is 0 Å². The quantitative estimate of drug-likeness (QED) is 0.729. The van der Waals surface area contributed by atoms with Crippen molar-refractivity contribution in [2.75, 3.05) is 6.26 Å². The number of carbonyl (C=O) groups is 1. The summed E-state index contributed by atoms with van der Waals surface area (Å²) in [5.74, 6) is -0.834. The van der Waals surface area contributed by atoms with Gasteiger partial charge in [0.2, 0.25) is 0 Å². The van der Waals surface area contributed by atoms with Gasteiger partial charge in [0, 0.05) is 32.8 Å². The number of aromatic nitrogens is 2. The highest BCUT2D eigenvalue weighted by atomic mass is 35.5. The number of nitrogens with zero attached hydrogens (tertiary/aromatic N) is 2. The Labute approximate surface area is 134 Å². The molecule has 1 aromatic carbocycles. The van der Waals surface area contributed by atoms with Crippen LogP contribution in [0.25, 0.3) is 16.2 Å². The van der Waals surface area contributed by atoms with Crippen molar-refractivity contribution in [2.24, 2.45) is 0 Å². The first-order chi connectivity index (χ1) is 10.1. The topological polar surface area (TPSA) is 54.6 Å². The van der Waals surface area contributed by atoms with Crippen LogP contribution in [0.15, 0.2) is 35.5 Å². The molecule has 0 bridgehead atoms. The van der Waals surface area contributed by atoms with Gasteiger partial charge in [0.05, 0.1) is 12.1 Å². The first-order valence-electron chi connectivity index (χ1n) is 6.10. The first kappa shape index (κ1) is 14.4. The van der Waals surface area contributed by atoms with Crippen LogP contribution in [0.3, 0.4) is 0 Å². The van der Waals surface area contributed by atoms with E-state index in [0.717, 1.165) is 26.0 Å². The average molecular weight is 339 g/mol. The number of imidazole rings is 1. The molecule has 0 fully saturated rings. The molecule has 0 aliphatic carbocycles. The number of halogens is 1. The molecule has 0 aliphatic heterocycles. The van der Waals surface area contributed by atoms with Crippen molar-refractivity contribution >= 4 is 45.6 Å². The maximum absolute atomic E-state index is 10.7. The Balaban J connectivity index is 2.03. The number of benzene rings is 1. The molecule has 0 saturated heterocycles. The summed E-state index contributed by atoms with van der Waals surface area (Å²) in [6.45, 7) is 0. The van der Waals surface area contributed by atoms with Crippen LogP contribution in [0.2, 0.25) is 5.02 Å². The molecule has 2 heterocycles. The molecular formula is C14H11ClN2O2S2. The number of hydrogen-bond acceptors (Lipinski definition) is 4. The average Bonchev–Trinajstić information content (AvgIpc) is 2.95. The molecule has 7 heteroatoms. The molecule has 21 heavy (non-hydrogen) atoms. The van der Waals surface area contributed by atoms with Crippen LogP contribution in [0.1, 0.15) is 4.88 Å². The minimum Gasteiger partial charge on any atom is -0.481 e. The third-order valence-corrected chi connectivity index (χ3v) is 4.99. The van der Waals surface area contributed by atoms with E-state index in [9.17, 15) is 4.79 Å². The number of rotatable bonds is 4. The number of fused-ring (bicyclic) bond motifs is 1. The Bertz CT molecular complexity index is 794. The zero-order valence-corrected chi connectivity index (χ0v) is 13.4. The molecule has 0 amide bonds. The largest absolute Gasteiger partial charge is 0.481 e. The molecule has 0 atom stereocenters. The lowest BCUT2D eigenvalue weighted by molar-refractivity contribution is -0.136. The summed E-state index contributed by atoms with van der Waals surface area (Å²) in [5.41, 5.74) is 1.83. The van der Waals surface area contributed by atoms with Crippen LogP contribution in [0.4, 0.5) is 0 Å². The number of hydrogen-bond donors (Lipinski definition) is 1. The second-order valence-corrected chi connectivity index (χ2v) is 6.81. The van der Waals surface area contributed by atoms with Gasteiger partial charge in [-0.15, -0.1) is 23.1 Å². The van der Waals surface area contributed by atoms with Crippen LogP contribution in [-0.2, 0) is 11.2 Å². The van der Waals surface area contributed by atoms with Gasteiger partial charge in [-0.25, -0.2) is 4.98 Å². The van der Waals surface area contributed by atoms with Gasteiger partial charge >= 0.3 is 5.97 Å². The van der Waals surface area contributed by atoms with E-state index in [-0.39, 0.29) is 6.42 Å². The summed E-state index contributed by atoms with van der Waals surface area (Å²) < 4.78 is 1.86. The molecule has 0 saturated carbocycles. The van der Waals surface area contributed by atoms with Gasteiger partial charge in [-0.3, -0.25) is 9.20 Å². The van der Waals surface area contributed by atoms with Gasteiger partial charge < -0.3 is 5.11 Å². The van der Waals surface area contributed by atoms with E-state index in [2.05, 4.69) is 4.98 Å². The standard InChI is InChI=1S/C14H11ClN2O2S2/c1-20-12-3-2-8(15)4-10(12)11-7-17-6-9(5-13(18)19)21-14(17)16-11/h2-4,6-7H,5H2,1H3,(H,18,19). The van der Waals surface area contributed by atoms with Crippen LogP contribution >= 0.6 is 34.7 Å². The third kappa shape index (κ3) is 2.92. The van der Waals surface area contributed by atoms with Gasteiger partial charge in [-0.05, 0) is 24.5 Å². The van der Waals surface area contributed by atoms with Crippen LogP contribution in [0, 0.1) is 0 Å². The van der Waals surface area contributed by atoms with E-state index in [0.29, 0.717) is 5.02 Å². The number of carboxylic acids is 1. The molecule has 0 aliphatic rings. The molecular weight excluding hydrogens is 328 g/mol. The number of thioether (sulfide) groups is 1. The summed E-state index contributed by atoms with van der Waals surface area (Å²) >= 11 is 9.10. The second-order valence-electron chi connectivity index (χ2n) is 4.43. The summed E-state index contributed by atoms with van der Waals surface area (Å²) in [6.07, 6.45) is 5.75. The maximum atomic E-state index is 10.7. The minimum absolute atomic E-state index is 0.0244. The lowest BCUT2D eigenvalue weighted by atomic mass is 10.2. The fraction of sp³-hybridized carbons (Fsp3) is 0.143. The lowest BCUT2D eigenvalue weighted by Crippen LogP contribution is -1.97. The zero-order valence-electron chi connectivity index (χ0n) is 11.0. The third-order valence-electron chi connectivity index (χ3n) is 2.97. The lowest BCUT2D eigenvalue weighted by Gasteiger charge is -2.04. The predicted octanol–water partition coefficient (Wildman–Crippen LogP) is 4.07. The highest BCUT2D eigenvalue weighted by molar-refractivity contribution is 7.98. The molecule has 3 aromatic rings. The second kappa shape index (κ2) is 5.71. The fourth-order valence-corrected chi connectivity index (χ4v) is 3.80. The molecule has 3 rings (SSSR count). The highest BCUT2D eigenvalue weighted by Crippen LogP contribution is 2.33. The van der Waals surface area contributed by atoms with E-state index < -0.39 is 5.97 Å². The molecule has 0 radical (unpaired) electrons. The SMILES string of the molecule is CSc1ccc(Cl)cc1-c1cn2cc(CC(=O)O)sc2n1. The van der Waals surface area contributed by atoms with Gasteiger partial charge in [-0.1, -0.05) is 11.6 Å². The van der Waals surface area contributed by atoms with Crippen molar-refractivity contribution in [3.8, 4) is 11.3 Å².